The van der Waals surface area contributed by atoms with Gasteiger partial charge in [-0.05, 0) is 50.2 Å². The van der Waals surface area contributed by atoms with E-state index in [1.54, 1.807) is 0 Å². The molecular formula is C21H34F4O3Si. The van der Waals surface area contributed by atoms with Crippen molar-refractivity contribution in [1.29, 1.82) is 0 Å². The van der Waals surface area contributed by atoms with E-state index >= 15 is 0 Å². The average molecular weight is 439 g/mol. The largest absolute Gasteiger partial charge is 0.500 e. The summed E-state index contributed by atoms with van der Waals surface area (Å²) in [6, 6.07) is 1.45. The van der Waals surface area contributed by atoms with Crippen molar-refractivity contribution in [2.24, 2.45) is 0 Å². The number of rotatable bonds is 16. The maximum Gasteiger partial charge on any atom is 0.500 e. The van der Waals surface area contributed by atoms with Crippen LogP contribution in [0.1, 0.15) is 71.3 Å². The van der Waals surface area contributed by atoms with E-state index in [9.17, 15) is 17.6 Å². The van der Waals surface area contributed by atoms with Crippen molar-refractivity contribution in [3.05, 3.63) is 34.9 Å². The van der Waals surface area contributed by atoms with Gasteiger partial charge in [-0.1, -0.05) is 33.6 Å². The maximum atomic E-state index is 13.7. The van der Waals surface area contributed by atoms with Gasteiger partial charge in [-0.25, -0.2) is 17.6 Å². The summed E-state index contributed by atoms with van der Waals surface area (Å²) in [6.45, 7) is 7.92. The molecule has 0 bridgehead atoms. The average Bonchev–Trinajstić information content (AvgIpc) is 2.73. The molecule has 0 N–H and O–H groups in total. The van der Waals surface area contributed by atoms with Gasteiger partial charge in [0, 0.05) is 25.9 Å². The van der Waals surface area contributed by atoms with Gasteiger partial charge in [0.05, 0.1) is 0 Å². The van der Waals surface area contributed by atoms with Crippen molar-refractivity contribution < 1.29 is 30.8 Å². The number of halogens is 4. The first-order valence-corrected chi connectivity index (χ1v) is 12.6. The number of aryl methyl sites for hydroxylation is 1. The van der Waals surface area contributed by atoms with Gasteiger partial charge in [-0.2, -0.15) is 0 Å². The monoisotopic (exact) mass is 438 g/mol. The third kappa shape index (κ3) is 8.74. The lowest BCUT2D eigenvalue weighted by Crippen LogP contribution is -2.46. The number of hydrogen-bond donors (Lipinski definition) is 0. The predicted octanol–water partition coefficient (Wildman–Crippen LogP) is 6.56. The third-order valence-electron chi connectivity index (χ3n) is 4.44. The second kappa shape index (κ2) is 14.1. The summed E-state index contributed by atoms with van der Waals surface area (Å²) in [5.41, 5.74) is -0.131. The highest BCUT2D eigenvalue weighted by Crippen LogP contribution is 2.23. The van der Waals surface area contributed by atoms with Gasteiger partial charge in [0.25, 0.3) is 0 Å². The fourth-order valence-corrected chi connectivity index (χ4v) is 5.84. The quantitative estimate of drug-likeness (QED) is 0.0961. The van der Waals surface area contributed by atoms with E-state index in [4.69, 9.17) is 13.3 Å². The summed E-state index contributed by atoms with van der Waals surface area (Å²) in [7, 11) is -2.71. The van der Waals surface area contributed by atoms with Crippen LogP contribution in [0.15, 0.2) is 6.07 Å². The highest BCUT2D eigenvalue weighted by atomic mass is 28.4. The van der Waals surface area contributed by atoms with Crippen LogP contribution in [0.5, 0.6) is 0 Å². The minimum absolute atomic E-state index is 0.131. The van der Waals surface area contributed by atoms with E-state index in [0.29, 0.717) is 32.3 Å². The van der Waals surface area contributed by atoms with Crippen LogP contribution in [0.4, 0.5) is 17.6 Å². The molecule has 1 aromatic rings. The van der Waals surface area contributed by atoms with Crippen molar-refractivity contribution >= 4 is 8.80 Å². The van der Waals surface area contributed by atoms with Crippen LogP contribution in [0.2, 0.25) is 6.04 Å². The van der Waals surface area contributed by atoms with Crippen LogP contribution >= 0.6 is 0 Å². The Balaban J connectivity index is 2.51. The molecule has 0 aliphatic heterocycles. The first-order valence-electron chi connectivity index (χ1n) is 10.6. The number of hydrogen-bond acceptors (Lipinski definition) is 3. The molecule has 0 radical (unpaired) electrons. The molecule has 0 aromatic heterocycles. The number of benzene rings is 1. The first-order chi connectivity index (χ1) is 13.9. The predicted molar refractivity (Wildman–Crippen MR) is 108 cm³/mol. The highest BCUT2D eigenvalue weighted by molar-refractivity contribution is 6.60. The van der Waals surface area contributed by atoms with E-state index in [1.165, 1.54) is 0 Å². The molecule has 0 fully saturated rings. The van der Waals surface area contributed by atoms with Gasteiger partial charge < -0.3 is 13.3 Å². The molecule has 29 heavy (non-hydrogen) atoms. The topological polar surface area (TPSA) is 27.7 Å². The lowest BCUT2D eigenvalue weighted by atomic mass is 10.1. The van der Waals surface area contributed by atoms with Gasteiger partial charge in [0.2, 0.25) is 0 Å². The molecule has 8 heteroatoms. The molecule has 0 aliphatic carbocycles. The van der Waals surface area contributed by atoms with E-state index in [0.717, 1.165) is 44.6 Å². The third-order valence-corrected chi connectivity index (χ3v) is 7.33. The Hall–Kier alpha value is -0.963. The normalized spacial score (nSPS) is 12.0. The Morgan fingerprint density at radius 3 is 1.72 bits per heavy atom. The van der Waals surface area contributed by atoms with Crippen molar-refractivity contribution in [2.45, 2.75) is 78.2 Å². The Morgan fingerprint density at radius 2 is 1.21 bits per heavy atom. The zero-order chi connectivity index (χ0) is 21.7. The molecule has 3 nitrogen and oxygen atoms in total. The van der Waals surface area contributed by atoms with E-state index < -0.39 is 32.1 Å². The maximum absolute atomic E-state index is 13.7. The Labute approximate surface area is 173 Å². The van der Waals surface area contributed by atoms with Crippen molar-refractivity contribution in [3.8, 4) is 0 Å². The minimum Gasteiger partial charge on any atom is -0.373 e. The molecule has 0 spiro atoms. The van der Waals surface area contributed by atoms with E-state index in [-0.39, 0.29) is 12.0 Å². The molecule has 0 saturated carbocycles. The fourth-order valence-electron chi connectivity index (χ4n) is 2.93. The van der Waals surface area contributed by atoms with Gasteiger partial charge in [-0.15, -0.1) is 0 Å². The van der Waals surface area contributed by atoms with Crippen LogP contribution in [0.3, 0.4) is 0 Å². The van der Waals surface area contributed by atoms with Gasteiger partial charge in [-0.3, -0.25) is 0 Å². The van der Waals surface area contributed by atoms with Crippen molar-refractivity contribution in [2.75, 3.05) is 19.8 Å². The standard InChI is InChI=1S/C21H34F4O3Si/c1-4-12-26-29(27-13-5-2,28-14-6-3)15-10-8-7-9-11-17-16-18(22)20(24)21(25)19(17)23/h16H,4-15H2,1-3H3. The molecular weight excluding hydrogens is 404 g/mol. The smallest absolute Gasteiger partial charge is 0.373 e. The molecule has 0 saturated heterocycles. The van der Waals surface area contributed by atoms with Crippen LogP contribution < -0.4 is 0 Å². The lowest BCUT2D eigenvalue weighted by Gasteiger charge is -2.29. The first kappa shape index (κ1) is 26.1. The summed E-state index contributed by atoms with van der Waals surface area (Å²) in [5, 5.41) is 0. The second-order valence-corrected chi connectivity index (χ2v) is 9.83. The van der Waals surface area contributed by atoms with Crippen LogP contribution in [-0.2, 0) is 19.7 Å². The molecule has 1 aromatic carbocycles. The summed E-state index contributed by atoms with van der Waals surface area (Å²) in [4.78, 5) is 0. The second-order valence-electron chi connectivity index (χ2n) is 7.10. The molecule has 0 heterocycles. The zero-order valence-electron chi connectivity index (χ0n) is 17.8. The van der Waals surface area contributed by atoms with Crippen LogP contribution in [0, 0.1) is 23.3 Å². The van der Waals surface area contributed by atoms with Crippen molar-refractivity contribution in [3.63, 3.8) is 0 Å². The minimum atomic E-state index is -2.71. The Morgan fingerprint density at radius 1 is 0.690 bits per heavy atom. The molecule has 0 aliphatic rings. The number of unbranched alkanes of at least 4 members (excludes halogenated alkanes) is 3. The molecule has 0 atom stereocenters. The van der Waals surface area contributed by atoms with Gasteiger partial charge >= 0.3 is 8.80 Å². The zero-order valence-corrected chi connectivity index (χ0v) is 18.8. The highest BCUT2D eigenvalue weighted by Gasteiger charge is 2.40. The summed E-state index contributed by atoms with van der Waals surface area (Å²) < 4.78 is 71.4. The SMILES string of the molecule is CCCO[Si](CCCCCCc1cc(F)c(F)c(F)c1F)(OCCC)OCCC. The van der Waals surface area contributed by atoms with Gasteiger partial charge in [0.1, 0.15) is 0 Å². The fraction of sp³-hybridized carbons (Fsp3) is 0.714. The van der Waals surface area contributed by atoms with E-state index in [2.05, 4.69) is 0 Å². The summed E-state index contributed by atoms with van der Waals surface area (Å²) in [5.74, 6) is -6.17. The molecule has 0 amide bonds. The van der Waals surface area contributed by atoms with Gasteiger partial charge in [0.15, 0.2) is 23.3 Å². The summed E-state index contributed by atoms with van der Waals surface area (Å²) in [6.07, 6.45) is 5.79. The van der Waals surface area contributed by atoms with Crippen LogP contribution in [-0.4, -0.2) is 28.6 Å². The van der Waals surface area contributed by atoms with Crippen molar-refractivity contribution in [1.82, 2.24) is 0 Å². The Bertz CT molecular complexity index is 580. The molecule has 1 rings (SSSR count). The Kier molecular flexibility index (Phi) is 12.7. The lowest BCUT2D eigenvalue weighted by molar-refractivity contribution is 0.0586. The molecule has 168 valence electrons. The van der Waals surface area contributed by atoms with E-state index in [1.807, 2.05) is 20.8 Å². The van der Waals surface area contributed by atoms with Crippen LogP contribution in [0.25, 0.3) is 0 Å². The molecule has 0 unspecified atom stereocenters. The summed E-state index contributed by atoms with van der Waals surface area (Å²) >= 11 is 0.